The van der Waals surface area contributed by atoms with Crippen molar-refractivity contribution in [1.82, 2.24) is 0 Å². The number of hydrogen-bond acceptors (Lipinski definition) is 2. The quantitative estimate of drug-likeness (QED) is 0.287. The van der Waals surface area contributed by atoms with Gasteiger partial charge in [0.25, 0.3) is 0 Å². The van der Waals surface area contributed by atoms with E-state index in [2.05, 4.69) is 6.92 Å². The summed E-state index contributed by atoms with van der Waals surface area (Å²) in [5, 5.41) is 0. The SMILES string of the molecule is CCCCCCCCCCCCCCCCOCC1CCC1=O. The van der Waals surface area contributed by atoms with Gasteiger partial charge in [0, 0.05) is 18.9 Å². The van der Waals surface area contributed by atoms with E-state index in [1.54, 1.807) is 0 Å². The van der Waals surface area contributed by atoms with Crippen LogP contribution >= 0.6 is 0 Å². The largest absolute Gasteiger partial charge is 0.381 e. The molecule has 0 N–H and O–H groups in total. The van der Waals surface area contributed by atoms with E-state index in [1.807, 2.05) is 0 Å². The summed E-state index contributed by atoms with van der Waals surface area (Å²) in [6, 6.07) is 0. The normalized spacial score (nSPS) is 17.4. The molecule has 0 aromatic carbocycles. The molecule has 0 aliphatic heterocycles. The van der Waals surface area contributed by atoms with Crippen molar-refractivity contribution in [3.63, 3.8) is 0 Å². The number of unbranched alkanes of at least 4 members (excludes halogenated alkanes) is 13. The van der Waals surface area contributed by atoms with Gasteiger partial charge in [-0.15, -0.1) is 0 Å². The van der Waals surface area contributed by atoms with Gasteiger partial charge in [-0.3, -0.25) is 4.79 Å². The van der Waals surface area contributed by atoms with Crippen molar-refractivity contribution in [3.05, 3.63) is 0 Å². The predicted octanol–water partition coefficient (Wildman–Crippen LogP) is 6.46. The Morgan fingerprint density at radius 1 is 0.783 bits per heavy atom. The molecule has 0 spiro atoms. The van der Waals surface area contributed by atoms with Gasteiger partial charge < -0.3 is 4.74 Å². The molecule has 0 aromatic rings. The summed E-state index contributed by atoms with van der Waals surface area (Å²) in [4.78, 5) is 11.1. The van der Waals surface area contributed by atoms with E-state index in [0.717, 1.165) is 19.4 Å². The molecule has 23 heavy (non-hydrogen) atoms. The number of ether oxygens (including phenoxy) is 1. The Hall–Kier alpha value is -0.370. The molecule has 1 unspecified atom stereocenters. The van der Waals surface area contributed by atoms with E-state index in [4.69, 9.17) is 4.74 Å². The maximum Gasteiger partial charge on any atom is 0.138 e. The van der Waals surface area contributed by atoms with E-state index in [9.17, 15) is 4.79 Å². The molecular formula is C21H40O2. The molecule has 1 aliphatic rings. The van der Waals surface area contributed by atoms with Crippen LogP contribution in [0.25, 0.3) is 0 Å². The average Bonchev–Trinajstić information content (AvgIpc) is 2.56. The molecule has 1 fully saturated rings. The summed E-state index contributed by atoms with van der Waals surface area (Å²) >= 11 is 0. The zero-order chi connectivity index (χ0) is 16.6. The van der Waals surface area contributed by atoms with Crippen molar-refractivity contribution in [3.8, 4) is 0 Å². The molecule has 0 amide bonds. The van der Waals surface area contributed by atoms with Crippen LogP contribution in [0.15, 0.2) is 0 Å². The number of carbonyl (C=O) groups excluding carboxylic acids is 1. The van der Waals surface area contributed by atoms with Gasteiger partial charge in [-0.05, 0) is 12.8 Å². The minimum Gasteiger partial charge on any atom is -0.381 e. The Morgan fingerprint density at radius 3 is 1.65 bits per heavy atom. The van der Waals surface area contributed by atoms with Crippen LogP contribution in [0.4, 0.5) is 0 Å². The number of hydrogen-bond donors (Lipinski definition) is 0. The molecule has 0 heterocycles. The van der Waals surface area contributed by atoms with E-state index >= 15 is 0 Å². The van der Waals surface area contributed by atoms with Gasteiger partial charge in [-0.25, -0.2) is 0 Å². The number of Topliss-reactive ketones (excluding diaryl/α,β-unsaturated/α-hetero) is 1. The molecule has 0 aromatic heterocycles. The molecule has 1 atom stereocenters. The molecule has 1 saturated carbocycles. The number of rotatable bonds is 17. The van der Waals surface area contributed by atoms with Gasteiger partial charge in [-0.2, -0.15) is 0 Å². The highest BCUT2D eigenvalue weighted by molar-refractivity contribution is 5.86. The van der Waals surface area contributed by atoms with E-state index in [-0.39, 0.29) is 5.92 Å². The van der Waals surface area contributed by atoms with Crippen LogP contribution in [-0.2, 0) is 9.53 Å². The Balaban J connectivity index is 1.65. The van der Waals surface area contributed by atoms with E-state index in [0.29, 0.717) is 12.4 Å². The van der Waals surface area contributed by atoms with Gasteiger partial charge >= 0.3 is 0 Å². The van der Waals surface area contributed by atoms with Crippen molar-refractivity contribution < 1.29 is 9.53 Å². The second-order valence-corrected chi connectivity index (χ2v) is 7.37. The molecule has 2 heteroatoms. The number of carbonyl (C=O) groups is 1. The lowest BCUT2D eigenvalue weighted by Gasteiger charge is -2.23. The van der Waals surface area contributed by atoms with E-state index in [1.165, 1.54) is 89.9 Å². The molecule has 1 rings (SSSR count). The summed E-state index contributed by atoms with van der Waals surface area (Å²) in [7, 11) is 0. The van der Waals surface area contributed by atoms with Crippen LogP contribution in [0.5, 0.6) is 0 Å². The fraction of sp³-hybridized carbons (Fsp3) is 0.952. The first-order chi connectivity index (χ1) is 11.3. The fourth-order valence-electron chi connectivity index (χ4n) is 3.27. The van der Waals surface area contributed by atoms with Crippen LogP contribution in [0.2, 0.25) is 0 Å². The van der Waals surface area contributed by atoms with E-state index < -0.39 is 0 Å². The lowest BCUT2D eigenvalue weighted by atomic mass is 9.85. The summed E-state index contributed by atoms with van der Waals surface area (Å²) in [5.74, 6) is 0.646. The Labute approximate surface area is 144 Å². The molecule has 2 nitrogen and oxygen atoms in total. The topological polar surface area (TPSA) is 26.3 Å². The Bertz CT molecular complexity index is 275. The molecule has 1 aliphatic carbocycles. The lowest BCUT2D eigenvalue weighted by molar-refractivity contribution is -0.131. The zero-order valence-electron chi connectivity index (χ0n) is 15.6. The van der Waals surface area contributed by atoms with Gasteiger partial charge in [0.1, 0.15) is 5.78 Å². The third kappa shape index (κ3) is 11.8. The highest BCUT2D eigenvalue weighted by Crippen LogP contribution is 2.22. The number of ketones is 1. The first kappa shape index (κ1) is 20.7. The standard InChI is InChI=1S/C21H40O2/c1-2-3-4-5-6-7-8-9-10-11-12-13-14-15-18-23-19-20-16-17-21(20)22/h20H,2-19H2,1H3. The molecule has 0 radical (unpaired) electrons. The second kappa shape index (κ2) is 15.2. The van der Waals surface area contributed by atoms with Gasteiger partial charge in [0.15, 0.2) is 0 Å². The summed E-state index contributed by atoms with van der Waals surface area (Å²) in [5.41, 5.74) is 0. The van der Waals surface area contributed by atoms with Crippen molar-refractivity contribution in [1.29, 1.82) is 0 Å². The molecular weight excluding hydrogens is 284 g/mol. The van der Waals surface area contributed by atoms with Gasteiger partial charge in [0.2, 0.25) is 0 Å². The Kier molecular flexibility index (Phi) is 13.6. The van der Waals surface area contributed by atoms with Gasteiger partial charge in [-0.1, -0.05) is 90.4 Å². The van der Waals surface area contributed by atoms with Crippen LogP contribution in [0.3, 0.4) is 0 Å². The summed E-state index contributed by atoms with van der Waals surface area (Å²) in [6.07, 6.45) is 21.3. The average molecular weight is 325 g/mol. The maximum atomic E-state index is 11.1. The zero-order valence-corrected chi connectivity index (χ0v) is 15.6. The van der Waals surface area contributed by atoms with Crippen LogP contribution in [-0.4, -0.2) is 19.0 Å². The van der Waals surface area contributed by atoms with Crippen molar-refractivity contribution in [2.24, 2.45) is 5.92 Å². The second-order valence-electron chi connectivity index (χ2n) is 7.37. The molecule has 0 saturated heterocycles. The summed E-state index contributed by atoms with van der Waals surface area (Å²) < 4.78 is 5.59. The molecule has 136 valence electrons. The van der Waals surface area contributed by atoms with Crippen LogP contribution in [0, 0.1) is 5.92 Å². The first-order valence-corrected chi connectivity index (χ1v) is 10.4. The highest BCUT2D eigenvalue weighted by Gasteiger charge is 2.27. The van der Waals surface area contributed by atoms with Crippen LogP contribution < -0.4 is 0 Å². The first-order valence-electron chi connectivity index (χ1n) is 10.4. The monoisotopic (exact) mass is 324 g/mol. The van der Waals surface area contributed by atoms with Crippen LogP contribution in [0.1, 0.15) is 110 Å². The highest BCUT2D eigenvalue weighted by atomic mass is 16.5. The van der Waals surface area contributed by atoms with Gasteiger partial charge in [0.05, 0.1) is 6.61 Å². The smallest absolute Gasteiger partial charge is 0.138 e. The van der Waals surface area contributed by atoms with Crippen molar-refractivity contribution >= 4 is 5.78 Å². The lowest BCUT2D eigenvalue weighted by Crippen LogP contribution is -2.29. The maximum absolute atomic E-state index is 11.1. The van der Waals surface area contributed by atoms with Crippen molar-refractivity contribution in [2.75, 3.05) is 13.2 Å². The third-order valence-corrected chi connectivity index (χ3v) is 5.16. The minimum absolute atomic E-state index is 0.238. The minimum atomic E-state index is 0.238. The summed E-state index contributed by atoms with van der Waals surface area (Å²) in [6.45, 7) is 3.81. The van der Waals surface area contributed by atoms with Crippen molar-refractivity contribution in [2.45, 2.75) is 110 Å². The Morgan fingerprint density at radius 2 is 1.26 bits per heavy atom. The molecule has 0 bridgehead atoms. The third-order valence-electron chi connectivity index (χ3n) is 5.16. The predicted molar refractivity (Wildman–Crippen MR) is 98.9 cm³/mol. The fourth-order valence-corrected chi connectivity index (χ4v) is 3.27.